The van der Waals surface area contributed by atoms with E-state index in [-0.39, 0.29) is 40.7 Å². The molecule has 198 valence electrons. The average molecular weight is 515 g/mol. The summed E-state index contributed by atoms with van der Waals surface area (Å²) in [5.74, 6) is 0.255. The van der Waals surface area contributed by atoms with Crippen molar-refractivity contribution in [3.05, 3.63) is 37.2 Å². The lowest BCUT2D eigenvalue weighted by Crippen LogP contribution is -2.63. The fourth-order valence-electron chi connectivity index (χ4n) is 7.78. The van der Waals surface area contributed by atoms with E-state index in [2.05, 4.69) is 38.8 Å². The standard InChI is InChI=1S/C30H44NO4S/c1-7-15-31-16-11-22(12-17-31)36-19-25(33)35-24-18-28(5,8-2)27(34)21(4)30-13-9-20(3)29(24,6)26(30)23(32)10-14-30/h8,11-12,16-17,20-21,24,26-27,34H,2,7,9-10,13-15,18-19H2,1,3-6H3/q+1/t20-,21+,24-,26+,27+,28-,29+,30+/m1/s1. The van der Waals surface area contributed by atoms with E-state index in [1.807, 2.05) is 37.5 Å². The molecule has 1 aromatic rings. The van der Waals surface area contributed by atoms with E-state index in [1.54, 1.807) is 0 Å². The molecule has 0 radical (unpaired) electrons. The van der Waals surface area contributed by atoms with Crippen molar-refractivity contribution in [1.82, 2.24) is 0 Å². The molecule has 3 aliphatic carbocycles. The number of aliphatic hydroxyl groups excluding tert-OH is 1. The molecule has 6 heteroatoms. The van der Waals surface area contributed by atoms with Crippen LogP contribution in [0.4, 0.5) is 0 Å². The van der Waals surface area contributed by atoms with Crippen LogP contribution < -0.4 is 4.57 Å². The molecule has 0 aliphatic heterocycles. The predicted molar refractivity (Wildman–Crippen MR) is 142 cm³/mol. The molecule has 0 aromatic carbocycles. The second-order valence-corrected chi connectivity index (χ2v) is 13.2. The van der Waals surface area contributed by atoms with Crippen molar-refractivity contribution in [3.63, 3.8) is 0 Å². The molecular weight excluding hydrogens is 470 g/mol. The summed E-state index contributed by atoms with van der Waals surface area (Å²) in [6.45, 7) is 15.8. The van der Waals surface area contributed by atoms with Crippen molar-refractivity contribution in [3.8, 4) is 0 Å². The van der Waals surface area contributed by atoms with Gasteiger partial charge in [-0.3, -0.25) is 9.59 Å². The molecule has 0 amide bonds. The number of nitrogens with zero attached hydrogens (tertiary/aromatic N) is 1. The van der Waals surface area contributed by atoms with E-state index in [4.69, 9.17) is 4.74 Å². The van der Waals surface area contributed by atoms with E-state index in [0.29, 0.717) is 12.8 Å². The van der Waals surface area contributed by atoms with E-state index in [0.717, 1.165) is 37.1 Å². The molecule has 2 bridgehead atoms. The van der Waals surface area contributed by atoms with Gasteiger partial charge in [0.25, 0.3) is 0 Å². The number of hydrogen-bond acceptors (Lipinski definition) is 5. The predicted octanol–water partition coefficient (Wildman–Crippen LogP) is 5.38. The summed E-state index contributed by atoms with van der Waals surface area (Å²) in [5.41, 5.74) is -1.32. The average Bonchev–Trinajstić information content (AvgIpc) is 3.22. The van der Waals surface area contributed by atoms with Gasteiger partial charge in [0, 0.05) is 46.6 Å². The molecular formula is C30H44NO4S+. The van der Waals surface area contributed by atoms with Gasteiger partial charge in [-0.15, -0.1) is 18.3 Å². The van der Waals surface area contributed by atoms with Crippen molar-refractivity contribution < 1.29 is 24.0 Å². The third-order valence-electron chi connectivity index (χ3n) is 10.3. The molecule has 8 atom stereocenters. The minimum absolute atomic E-state index is 0.0236. The quantitative estimate of drug-likeness (QED) is 0.229. The molecule has 36 heavy (non-hydrogen) atoms. The van der Waals surface area contributed by atoms with Gasteiger partial charge in [-0.2, -0.15) is 0 Å². The molecule has 3 aliphatic rings. The first kappa shape index (κ1) is 27.4. The van der Waals surface area contributed by atoms with E-state index in [1.165, 1.54) is 11.8 Å². The van der Waals surface area contributed by atoms with Crippen LogP contribution in [0.5, 0.6) is 0 Å². The first-order valence-corrected chi connectivity index (χ1v) is 14.7. The first-order valence-electron chi connectivity index (χ1n) is 13.7. The minimum Gasteiger partial charge on any atom is -0.461 e. The summed E-state index contributed by atoms with van der Waals surface area (Å²) in [4.78, 5) is 27.8. The molecule has 3 saturated carbocycles. The highest BCUT2D eigenvalue weighted by atomic mass is 32.2. The van der Waals surface area contributed by atoms with Crippen molar-refractivity contribution in [2.24, 2.45) is 34.0 Å². The van der Waals surface area contributed by atoms with Crippen molar-refractivity contribution in [2.75, 3.05) is 5.75 Å². The normalized spacial score (nSPS) is 40.2. The van der Waals surface area contributed by atoms with Gasteiger partial charge in [0.2, 0.25) is 0 Å². The number of thioether (sulfide) groups is 1. The Hall–Kier alpha value is -1.66. The third-order valence-corrected chi connectivity index (χ3v) is 11.3. The second-order valence-electron chi connectivity index (χ2n) is 12.1. The zero-order chi connectivity index (χ0) is 26.3. The summed E-state index contributed by atoms with van der Waals surface area (Å²) in [7, 11) is 0. The Labute approximate surface area is 221 Å². The Morgan fingerprint density at radius 1 is 1.28 bits per heavy atom. The van der Waals surface area contributed by atoms with Crippen LogP contribution in [0.25, 0.3) is 0 Å². The largest absolute Gasteiger partial charge is 0.461 e. The molecule has 3 fully saturated rings. The highest BCUT2D eigenvalue weighted by Gasteiger charge is 2.68. The molecule has 1 N–H and O–H groups in total. The number of rotatable bonds is 7. The number of carbonyl (C=O) groups is 2. The summed E-state index contributed by atoms with van der Waals surface area (Å²) in [6, 6.07) is 4.07. The fourth-order valence-corrected chi connectivity index (χ4v) is 8.45. The van der Waals surface area contributed by atoms with Crippen LogP contribution in [0.15, 0.2) is 42.1 Å². The highest BCUT2D eigenvalue weighted by Crippen LogP contribution is 2.68. The maximum absolute atomic E-state index is 13.5. The molecule has 0 saturated heterocycles. The van der Waals surface area contributed by atoms with Crippen LogP contribution in [0, 0.1) is 34.0 Å². The van der Waals surface area contributed by atoms with Gasteiger partial charge in [-0.25, -0.2) is 4.57 Å². The number of aryl methyl sites for hydroxylation is 1. The maximum Gasteiger partial charge on any atom is 0.316 e. The molecule has 1 heterocycles. The van der Waals surface area contributed by atoms with Crippen molar-refractivity contribution in [1.29, 1.82) is 0 Å². The van der Waals surface area contributed by atoms with Gasteiger partial charge < -0.3 is 9.84 Å². The van der Waals surface area contributed by atoms with Crippen LogP contribution >= 0.6 is 11.8 Å². The zero-order valence-electron chi connectivity index (χ0n) is 22.7. The number of Topliss-reactive ketones (excluding diaryl/α,β-unsaturated/α-hetero) is 1. The Bertz CT molecular complexity index is 995. The maximum atomic E-state index is 13.5. The lowest BCUT2D eigenvalue weighted by molar-refractivity contribution is -0.697. The first-order chi connectivity index (χ1) is 17.0. The lowest BCUT2D eigenvalue weighted by atomic mass is 9.44. The van der Waals surface area contributed by atoms with Crippen LogP contribution in [0.1, 0.15) is 73.1 Å². The Morgan fingerprint density at radius 2 is 1.97 bits per heavy atom. The molecule has 4 rings (SSSR count). The van der Waals surface area contributed by atoms with Crippen molar-refractivity contribution >= 4 is 23.5 Å². The monoisotopic (exact) mass is 514 g/mol. The van der Waals surface area contributed by atoms with Gasteiger partial charge in [0.15, 0.2) is 12.4 Å². The summed E-state index contributed by atoms with van der Waals surface area (Å²) < 4.78 is 8.46. The van der Waals surface area contributed by atoms with Crippen LogP contribution in [-0.2, 0) is 20.9 Å². The molecule has 0 spiro atoms. The van der Waals surface area contributed by atoms with E-state index < -0.39 is 23.0 Å². The SMILES string of the molecule is C=C[C@]1(C)C[C@@H](OC(=O)CSc2cc[n+](CCC)cc2)[C@]2(C)[C@H](C)CC[C@]3(CCC(=O)[C@H]32)[C@@H](C)[C@@H]1O. The van der Waals surface area contributed by atoms with E-state index in [9.17, 15) is 14.7 Å². The second kappa shape index (κ2) is 10.2. The van der Waals surface area contributed by atoms with E-state index >= 15 is 0 Å². The molecule has 1 aromatic heterocycles. The lowest BCUT2D eigenvalue weighted by Gasteiger charge is -2.61. The zero-order valence-corrected chi connectivity index (χ0v) is 23.5. The number of esters is 1. The van der Waals surface area contributed by atoms with Gasteiger partial charge in [-0.05, 0) is 42.9 Å². The summed E-state index contributed by atoms with van der Waals surface area (Å²) >= 11 is 1.48. The summed E-state index contributed by atoms with van der Waals surface area (Å²) in [5, 5.41) is 11.6. The van der Waals surface area contributed by atoms with Gasteiger partial charge in [0.1, 0.15) is 18.4 Å². The van der Waals surface area contributed by atoms with Gasteiger partial charge in [0.05, 0.1) is 11.9 Å². The number of ketones is 1. The van der Waals surface area contributed by atoms with Crippen LogP contribution in [0.3, 0.4) is 0 Å². The molecule has 5 nitrogen and oxygen atoms in total. The van der Waals surface area contributed by atoms with Crippen LogP contribution in [-0.4, -0.2) is 34.8 Å². The third kappa shape index (κ3) is 4.47. The Morgan fingerprint density at radius 3 is 2.61 bits per heavy atom. The number of hydrogen-bond donors (Lipinski definition) is 1. The van der Waals surface area contributed by atoms with Gasteiger partial charge >= 0.3 is 5.97 Å². The highest BCUT2D eigenvalue weighted by molar-refractivity contribution is 8.00. The Kier molecular flexibility index (Phi) is 7.79. The topological polar surface area (TPSA) is 67.5 Å². The molecule has 0 unspecified atom stereocenters. The fraction of sp³-hybridized carbons (Fsp3) is 0.700. The number of carbonyl (C=O) groups excluding carboxylic acids is 2. The number of ether oxygens (including phenoxy) is 1. The van der Waals surface area contributed by atoms with Gasteiger partial charge in [-0.1, -0.05) is 40.7 Å². The number of aliphatic hydroxyl groups is 1. The Balaban J connectivity index is 1.62. The van der Waals surface area contributed by atoms with Crippen LogP contribution in [0.2, 0.25) is 0 Å². The minimum atomic E-state index is -0.643. The number of aromatic nitrogens is 1. The number of pyridine rings is 1. The smallest absolute Gasteiger partial charge is 0.316 e. The van der Waals surface area contributed by atoms with Crippen molar-refractivity contribution in [2.45, 2.75) is 96.8 Å². The summed E-state index contributed by atoms with van der Waals surface area (Å²) in [6.07, 6.45) is 9.66.